The van der Waals surface area contributed by atoms with Crippen LogP contribution in [0.1, 0.15) is 5.56 Å². The molecule has 1 amide bonds. The maximum absolute atomic E-state index is 12.7. The van der Waals surface area contributed by atoms with Crippen molar-refractivity contribution in [1.29, 1.82) is 0 Å². The van der Waals surface area contributed by atoms with Crippen LogP contribution in [0.4, 0.5) is 19.0 Å². The lowest BCUT2D eigenvalue weighted by molar-refractivity contribution is -0.137. The Morgan fingerprint density at radius 3 is 2.58 bits per heavy atom. The molecule has 0 bridgehead atoms. The fourth-order valence-electron chi connectivity index (χ4n) is 2.39. The molecule has 0 aromatic carbocycles. The molecule has 1 fully saturated rings. The Morgan fingerprint density at radius 1 is 1.38 bits per heavy atom. The zero-order valence-electron chi connectivity index (χ0n) is 14.4. The second-order valence-electron chi connectivity index (χ2n) is 6.03. The predicted octanol–water partition coefficient (Wildman–Crippen LogP) is 1.50. The maximum atomic E-state index is 12.7. The molecular formula is C15H20ClF3N6O. The molecule has 7 nitrogen and oxygen atoms in total. The van der Waals surface area contributed by atoms with Gasteiger partial charge in [-0.25, -0.2) is 10.4 Å². The van der Waals surface area contributed by atoms with Gasteiger partial charge in [0, 0.05) is 46.5 Å². The summed E-state index contributed by atoms with van der Waals surface area (Å²) in [6, 6.07) is 0.881. The van der Waals surface area contributed by atoms with Crippen LogP contribution in [0.5, 0.6) is 0 Å². The predicted molar refractivity (Wildman–Crippen MR) is 93.2 cm³/mol. The van der Waals surface area contributed by atoms with Crippen molar-refractivity contribution >= 4 is 29.7 Å². The summed E-state index contributed by atoms with van der Waals surface area (Å²) in [5, 5.41) is 3.75. The van der Waals surface area contributed by atoms with Crippen LogP contribution in [0.2, 0.25) is 5.02 Å². The van der Waals surface area contributed by atoms with E-state index in [2.05, 4.69) is 15.5 Å². The first-order valence-corrected chi connectivity index (χ1v) is 8.23. The van der Waals surface area contributed by atoms with Gasteiger partial charge < -0.3 is 9.80 Å². The van der Waals surface area contributed by atoms with Crippen molar-refractivity contribution in [3.8, 4) is 0 Å². The Balaban J connectivity index is 1.87. The molecule has 11 heteroatoms. The fraction of sp³-hybridized carbons (Fsp3) is 0.533. The molecule has 0 aliphatic carbocycles. The van der Waals surface area contributed by atoms with Gasteiger partial charge in [0.2, 0.25) is 0 Å². The highest BCUT2D eigenvalue weighted by Gasteiger charge is 2.32. The van der Waals surface area contributed by atoms with E-state index in [-0.39, 0.29) is 17.5 Å². The lowest BCUT2D eigenvalue weighted by Crippen LogP contribution is -2.49. The van der Waals surface area contributed by atoms with Gasteiger partial charge >= 0.3 is 6.18 Å². The number of rotatable bonds is 5. The van der Waals surface area contributed by atoms with Gasteiger partial charge in [-0.3, -0.25) is 9.69 Å². The van der Waals surface area contributed by atoms with Crippen LogP contribution in [-0.2, 0) is 11.0 Å². The SMILES string of the molecule is CN(C)C=NNC(=O)CN1CCN(c2ncc(C(F)(F)F)cc2Cl)CC1. The standard InChI is InChI=1S/C15H20ClF3N6O/c1-23(2)10-21-22-13(26)9-24-3-5-25(6-4-24)14-12(16)7-11(8-20-14)15(17,18)19/h7-8,10H,3-6,9H2,1-2H3,(H,22,26). The van der Waals surface area contributed by atoms with Gasteiger partial charge in [0.05, 0.1) is 17.1 Å². The third kappa shape index (κ3) is 5.73. The van der Waals surface area contributed by atoms with Crippen LogP contribution in [-0.4, -0.2) is 73.8 Å². The number of carbonyl (C=O) groups is 1. The van der Waals surface area contributed by atoms with Crippen molar-refractivity contribution in [2.45, 2.75) is 6.18 Å². The quantitative estimate of drug-likeness (QED) is 0.467. The minimum atomic E-state index is -4.48. The largest absolute Gasteiger partial charge is 0.417 e. The third-order valence-electron chi connectivity index (χ3n) is 3.67. The Bertz CT molecular complexity index is 659. The van der Waals surface area contributed by atoms with Gasteiger partial charge in [0.25, 0.3) is 5.91 Å². The number of hydrogen-bond acceptors (Lipinski definition) is 5. The number of piperazine rings is 1. The van der Waals surface area contributed by atoms with Crippen molar-refractivity contribution in [2.75, 3.05) is 51.7 Å². The van der Waals surface area contributed by atoms with E-state index in [9.17, 15) is 18.0 Å². The second kappa shape index (κ2) is 8.54. The van der Waals surface area contributed by atoms with Crippen molar-refractivity contribution in [1.82, 2.24) is 20.2 Å². The van der Waals surface area contributed by atoms with E-state index < -0.39 is 11.7 Å². The van der Waals surface area contributed by atoms with Crippen LogP contribution >= 0.6 is 11.6 Å². The average molecular weight is 393 g/mol. The first kappa shape index (κ1) is 20.2. The van der Waals surface area contributed by atoms with E-state index in [1.54, 1.807) is 23.9 Å². The number of nitrogens with zero attached hydrogens (tertiary/aromatic N) is 5. The smallest absolute Gasteiger partial charge is 0.367 e. The Labute approximate surface area is 154 Å². The third-order valence-corrected chi connectivity index (χ3v) is 3.94. The molecule has 1 N–H and O–H groups in total. The monoisotopic (exact) mass is 392 g/mol. The summed E-state index contributed by atoms with van der Waals surface area (Å²) >= 11 is 5.97. The topological polar surface area (TPSA) is 64.1 Å². The molecule has 1 aliphatic rings. The molecule has 26 heavy (non-hydrogen) atoms. The lowest BCUT2D eigenvalue weighted by atomic mass is 10.2. The number of halogens is 4. The zero-order chi connectivity index (χ0) is 19.3. The van der Waals surface area contributed by atoms with Gasteiger partial charge in [-0.15, -0.1) is 0 Å². The second-order valence-corrected chi connectivity index (χ2v) is 6.44. The fourth-order valence-corrected chi connectivity index (χ4v) is 2.68. The summed E-state index contributed by atoms with van der Waals surface area (Å²) in [5.41, 5.74) is 1.55. The Hall–Kier alpha value is -2.07. The van der Waals surface area contributed by atoms with Crippen LogP contribution in [0.3, 0.4) is 0 Å². The van der Waals surface area contributed by atoms with Gasteiger partial charge in [-0.2, -0.15) is 18.3 Å². The molecule has 1 saturated heterocycles. The highest BCUT2D eigenvalue weighted by molar-refractivity contribution is 6.33. The molecular weight excluding hydrogens is 373 g/mol. The van der Waals surface area contributed by atoms with Gasteiger partial charge in [0.1, 0.15) is 12.2 Å². The van der Waals surface area contributed by atoms with Gasteiger partial charge in [-0.1, -0.05) is 11.6 Å². The molecule has 0 atom stereocenters. The number of nitrogens with one attached hydrogen (secondary N) is 1. The van der Waals surface area contributed by atoms with Crippen molar-refractivity contribution < 1.29 is 18.0 Å². The first-order chi connectivity index (χ1) is 12.2. The molecule has 0 unspecified atom stereocenters. The van der Waals surface area contributed by atoms with Gasteiger partial charge in [-0.05, 0) is 6.07 Å². The number of amides is 1. The number of alkyl halides is 3. The van der Waals surface area contributed by atoms with Crippen molar-refractivity contribution in [3.63, 3.8) is 0 Å². The summed E-state index contributed by atoms with van der Waals surface area (Å²) in [6.45, 7) is 2.32. The summed E-state index contributed by atoms with van der Waals surface area (Å²) < 4.78 is 38.0. The molecule has 1 aromatic heterocycles. The molecule has 144 valence electrons. The molecule has 0 radical (unpaired) electrons. The zero-order valence-corrected chi connectivity index (χ0v) is 15.2. The highest BCUT2D eigenvalue weighted by Crippen LogP contribution is 2.33. The van der Waals surface area contributed by atoms with E-state index >= 15 is 0 Å². The van der Waals surface area contributed by atoms with E-state index in [4.69, 9.17) is 11.6 Å². The van der Waals surface area contributed by atoms with E-state index in [0.717, 1.165) is 12.3 Å². The highest BCUT2D eigenvalue weighted by atomic mass is 35.5. The minimum Gasteiger partial charge on any atom is -0.367 e. The number of hydrogen-bond donors (Lipinski definition) is 1. The first-order valence-electron chi connectivity index (χ1n) is 7.85. The molecule has 0 saturated carbocycles. The summed E-state index contributed by atoms with van der Waals surface area (Å²) in [6.07, 6.45) is -2.21. The van der Waals surface area contributed by atoms with Crippen LogP contribution in [0.25, 0.3) is 0 Å². The van der Waals surface area contributed by atoms with Crippen LogP contribution in [0.15, 0.2) is 17.4 Å². The minimum absolute atomic E-state index is 0.0379. The molecule has 2 rings (SSSR count). The van der Waals surface area contributed by atoms with Crippen molar-refractivity contribution in [2.24, 2.45) is 5.10 Å². The van der Waals surface area contributed by atoms with Crippen LogP contribution < -0.4 is 10.3 Å². The number of aromatic nitrogens is 1. The molecule has 0 spiro atoms. The number of hydrazone groups is 1. The molecule has 2 heterocycles. The summed E-state index contributed by atoms with van der Waals surface area (Å²) in [5.74, 6) is 0.0848. The molecule has 1 aliphatic heterocycles. The number of pyridine rings is 1. The number of carbonyl (C=O) groups excluding carboxylic acids is 1. The average Bonchev–Trinajstić information content (AvgIpc) is 2.54. The van der Waals surface area contributed by atoms with Crippen LogP contribution in [0, 0.1) is 0 Å². The Morgan fingerprint density at radius 2 is 2.04 bits per heavy atom. The van der Waals surface area contributed by atoms with E-state index in [0.29, 0.717) is 32.0 Å². The van der Waals surface area contributed by atoms with E-state index in [1.807, 2.05) is 4.90 Å². The van der Waals surface area contributed by atoms with E-state index in [1.165, 1.54) is 6.34 Å². The summed E-state index contributed by atoms with van der Waals surface area (Å²) in [4.78, 5) is 21.1. The number of anilines is 1. The van der Waals surface area contributed by atoms with Crippen molar-refractivity contribution in [3.05, 3.63) is 22.8 Å². The van der Waals surface area contributed by atoms with Gasteiger partial charge in [0.15, 0.2) is 0 Å². The maximum Gasteiger partial charge on any atom is 0.417 e. The normalized spacial score (nSPS) is 16.2. The molecule has 1 aromatic rings. The Kier molecular flexibility index (Phi) is 6.65. The lowest BCUT2D eigenvalue weighted by Gasteiger charge is -2.35. The summed E-state index contributed by atoms with van der Waals surface area (Å²) in [7, 11) is 3.57.